The molecule has 0 unspecified atom stereocenters. The fourth-order valence-electron chi connectivity index (χ4n) is 2.28. The van der Waals surface area contributed by atoms with Gasteiger partial charge in [0.2, 0.25) is 0 Å². The molecule has 0 aliphatic heterocycles. The maximum absolute atomic E-state index is 12.7. The third kappa shape index (κ3) is 2.99. The third-order valence-electron chi connectivity index (χ3n) is 3.52. The lowest BCUT2D eigenvalue weighted by molar-refractivity contribution is -0.264. The second-order valence-corrected chi connectivity index (χ2v) is 5.43. The first-order valence-electron chi connectivity index (χ1n) is 6.02. The number of nitrogens with zero attached hydrogens (tertiary/aromatic N) is 1. The fraction of sp³-hybridized carbons (Fsp3) is 0.909. The number of alkyl halides is 7. The Hall–Kier alpha value is -0.660. The van der Waals surface area contributed by atoms with Crippen LogP contribution in [0, 0.1) is 0 Å². The SMILES string of the molecule is CN(C(=O)C(Cl)(C(F)(F)F)C(F)(F)F)C1CCCCC1. The molecule has 118 valence electrons. The van der Waals surface area contributed by atoms with E-state index in [1.165, 1.54) is 0 Å². The monoisotopic (exact) mass is 325 g/mol. The van der Waals surface area contributed by atoms with Gasteiger partial charge in [-0.05, 0) is 12.8 Å². The molecule has 1 saturated carbocycles. The minimum Gasteiger partial charge on any atom is -0.341 e. The Kier molecular flexibility index (Phi) is 4.88. The Labute approximate surface area is 117 Å². The summed E-state index contributed by atoms with van der Waals surface area (Å²) in [6.45, 7) is 0. The van der Waals surface area contributed by atoms with Gasteiger partial charge in [-0.1, -0.05) is 30.9 Å². The van der Waals surface area contributed by atoms with Gasteiger partial charge in [0.1, 0.15) is 0 Å². The molecule has 0 aromatic carbocycles. The molecule has 0 heterocycles. The van der Waals surface area contributed by atoms with Gasteiger partial charge in [-0.3, -0.25) is 4.79 Å². The van der Waals surface area contributed by atoms with Crippen molar-refractivity contribution in [3.05, 3.63) is 0 Å². The molecule has 0 bridgehead atoms. The molecule has 0 aromatic rings. The molecule has 9 heteroatoms. The van der Waals surface area contributed by atoms with E-state index < -0.39 is 29.2 Å². The van der Waals surface area contributed by atoms with E-state index in [1.807, 2.05) is 0 Å². The zero-order chi connectivity index (χ0) is 15.8. The van der Waals surface area contributed by atoms with Gasteiger partial charge in [-0.15, -0.1) is 0 Å². The summed E-state index contributed by atoms with van der Waals surface area (Å²) in [4.78, 5) is 7.32. The van der Waals surface area contributed by atoms with E-state index in [2.05, 4.69) is 0 Å². The Morgan fingerprint density at radius 3 is 1.75 bits per heavy atom. The van der Waals surface area contributed by atoms with Crippen LogP contribution in [0.4, 0.5) is 26.3 Å². The van der Waals surface area contributed by atoms with Crippen LogP contribution in [0.1, 0.15) is 32.1 Å². The predicted octanol–water partition coefficient (Wildman–Crippen LogP) is 3.88. The highest BCUT2D eigenvalue weighted by molar-refractivity contribution is 6.36. The lowest BCUT2D eigenvalue weighted by Crippen LogP contribution is -2.63. The normalized spacial score (nSPS) is 19.0. The first-order valence-corrected chi connectivity index (χ1v) is 6.40. The molecule has 0 spiro atoms. The highest BCUT2D eigenvalue weighted by Crippen LogP contribution is 2.49. The van der Waals surface area contributed by atoms with Crippen molar-refractivity contribution in [2.24, 2.45) is 0 Å². The summed E-state index contributed by atoms with van der Waals surface area (Å²) in [7, 11) is 0.937. The number of carbonyl (C=O) groups excluding carboxylic acids is 1. The van der Waals surface area contributed by atoms with Gasteiger partial charge >= 0.3 is 17.2 Å². The van der Waals surface area contributed by atoms with Crippen LogP contribution in [-0.2, 0) is 4.79 Å². The number of halogens is 7. The average molecular weight is 326 g/mol. The Bertz CT molecular complexity index is 347. The second-order valence-electron chi connectivity index (χ2n) is 4.86. The van der Waals surface area contributed by atoms with Crippen LogP contribution in [0.3, 0.4) is 0 Å². The molecule has 1 aliphatic carbocycles. The number of rotatable bonds is 2. The summed E-state index contributed by atoms with van der Waals surface area (Å²) in [5.41, 5.74) is 0. The van der Waals surface area contributed by atoms with Crippen molar-refractivity contribution in [2.45, 2.75) is 55.4 Å². The van der Waals surface area contributed by atoms with Crippen LogP contribution in [0.15, 0.2) is 0 Å². The zero-order valence-electron chi connectivity index (χ0n) is 10.6. The van der Waals surface area contributed by atoms with Crippen molar-refractivity contribution in [2.75, 3.05) is 7.05 Å². The quantitative estimate of drug-likeness (QED) is 0.557. The number of hydrogen-bond acceptors (Lipinski definition) is 1. The molecular weight excluding hydrogens is 312 g/mol. The lowest BCUT2D eigenvalue weighted by Gasteiger charge is -2.38. The largest absolute Gasteiger partial charge is 0.425 e. The van der Waals surface area contributed by atoms with Crippen molar-refractivity contribution in [3.63, 3.8) is 0 Å². The van der Waals surface area contributed by atoms with Gasteiger partial charge in [-0.25, -0.2) is 0 Å². The van der Waals surface area contributed by atoms with Gasteiger partial charge in [0.25, 0.3) is 5.91 Å². The first kappa shape index (κ1) is 17.4. The molecular formula is C11H14ClF6NO. The summed E-state index contributed by atoms with van der Waals surface area (Å²) in [6, 6.07) is -0.640. The maximum atomic E-state index is 12.7. The summed E-state index contributed by atoms with van der Waals surface area (Å²) < 4.78 is 76.1. The van der Waals surface area contributed by atoms with Crippen LogP contribution in [0.2, 0.25) is 0 Å². The van der Waals surface area contributed by atoms with Crippen molar-refractivity contribution in [3.8, 4) is 0 Å². The predicted molar refractivity (Wildman–Crippen MR) is 60.3 cm³/mol. The Morgan fingerprint density at radius 1 is 1.00 bits per heavy atom. The van der Waals surface area contributed by atoms with Crippen molar-refractivity contribution in [1.29, 1.82) is 0 Å². The van der Waals surface area contributed by atoms with Crippen LogP contribution in [0.5, 0.6) is 0 Å². The minimum absolute atomic E-state index is 0.380. The maximum Gasteiger partial charge on any atom is 0.425 e. The van der Waals surface area contributed by atoms with Gasteiger partial charge in [0.15, 0.2) is 0 Å². The molecule has 1 aliphatic rings. The molecule has 1 amide bonds. The standard InChI is InChI=1S/C11H14ClF6NO/c1-19(7-5-3-2-4-6-7)8(20)9(12,10(13,14)15)11(16,17)18/h7H,2-6H2,1H3. The van der Waals surface area contributed by atoms with Gasteiger partial charge < -0.3 is 4.90 Å². The summed E-state index contributed by atoms with van der Waals surface area (Å²) in [6.07, 6.45) is -8.89. The van der Waals surface area contributed by atoms with Crippen molar-refractivity contribution in [1.82, 2.24) is 4.90 Å². The number of hydrogen-bond donors (Lipinski definition) is 0. The summed E-state index contributed by atoms with van der Waals surface area (Å²) in [5.74, 6) is -2.16. The molecule has 1 fully saturated rings. The van der Waals surface area contributed by atoms with Gasteiger partial charge in [-0.2, -0.15) is 26.3 Å². The molecule has 20 heavy (non-hydrogen) atoms. The topological polar surface area (TPSA) is 20.3 Å². The van der Waals surface area contributed by atoms with Gasteiger partial charge in [0.05, 0.1) is 0 Å². The average Bonchev–Trinajstić information content (AvgIpc) is 2.34. The Morgan fingerprint density at radius 2 is 1.40 bits per heavy atom. The first-order chi connectivity index (χ1) is 8.93. The number of amides is 1. The molecule has 0 saturated heterocycles. The Balaban J connectivity index is 3.06. The van der Waals surface area contributed by atoms with E-state index in [0.29, 0.717) is 30.6 Å². The van der Waals surface area contributed by atoms with Crippen LogP contribution in [-0.4, -0.2) is 41.1 Å². The zero-order valence-corrected chi connectivity index (χ0v) is 11.4. The fourth-order valence-corrected chi connectivity index (χ4v) is 2.41. The molecule has 1 rings (SSSR count). The summed E-state index contributed by atoms with van der Waals surface area (Å²) in [5, 5.41) is 0. The molecule has 2 nitrogen and oxygen atoms in total. The second kappa shape index (κ2) is 5.61. The van der Waals surface area contributed by atoms with E-state index in [9.17, 15) is 31.1 Å². The highest BCUT2D eigenvalue weighted by atomic mass is 35.5. The smallest absolute Gasteiger partial charge is 0.341 e. The minimum atomic E-state index is -5.91. The van der Waals surface area contributed by atoms with Crippen LogP contribution in [0.25, 0.3) is 0 Å². The van der Waals surface area contributed by atoms with Crippen molar-refractivity contribution < 1.29 is 31.1 Å². The highest BCUT2D eigenvalue weighted by Gasteiger charge is 2.75. The van der Waals surface area contributed by atoms with Crippen LogP contribution >= 0.6 is 11.6 Å². The summed E-state index contributed by atoms with van der Waals surface area (Å²) >= 11 is 4.71. The molecule has 0 atom stereocenters. The van der Waals surface area contributed by atoms with Crippen LogP contribution < -0.4 is 0 Å². The molecule has 0 N–H and O–H groups in total. The van der Waals surface area contributed by atoms with E-state index in [-0.39, 0.29) is 0 Å². The number of carbonyl (C=O) groups is 1. The van der Waals surface area contributed by atoms with Gasteiger partial charge in [0, 0.05) is 13.1 Å². The van der Waals surface area contributed by atoms with E-state index in [0.717, 1.165) is 13.5 Å². The van der Waals surface area contributed by atoms with E-state index in [4.69, 9.17) is 11.6 Å². The molecule has 0 aromatic heterocycles. The third-order valence-corrected chi connectivity index (χ3v) is 4.11. The van der Waals surface area contributed by atoms with Crippen molar-refractivity contribution >= 4 is 17.5 Å². The lowest BCUT2D eigenvalue weighted by atomic mass is 9.93. The molecule has 0 radical (unpaired) electrons. The van der Waals surface area contributed by atoms with E-state index in [1.54, 1.807) is 0 Å². The van der Waals surface area contributed by atoms with E-state index >= 15 is 0 Å².